The molecule has 1 aromatic carbocycles. The van der Waals surface area contributed by atoms with E-state index in [1.807, 2.05) is 19.1 Å². The molecule has 1 aromatic rings. The predicted molar refractivity (Wildman–Crippen MR) is 75.4 cm³/mol. The molecule has 1 amide bonds. The average molecular weight is 260 g/mol. The standard InChI is InChI=1S/C15H20N2O2/c1-10-12(7-9-19-10)15(18)17-13-6-2-4-11-5-3-8-16-14(11)13/h2,4,6,10,12,16H,3,5,7-9H2,1H3,(H,17,18). The number of benzene rings is 1. The number of hydrogen-bond donors (Lipinski definition) is 2. The highest BCUT2D eigenvalue weighted by molar-refractivity contribution is 5.96. The number of ether oxygens (including phenoxy) is 1. The third kappa shape index (κ3) is 2.45. The van der Waals surface area contributed by atoms with Gasteiger partial charge in [-0.25, -0.2) is 0 Å². The van der Waals surface area contributed by atoms with E-state index in [0.29, 0.717) is 6.61 Å². The van der Waals surface area contributed by atoms with Gasteiger partial charge in [0.15, 0.2) is 0 Å². The number of fused-ring (bicyclic) bond motifs is 1. The van der Waals surface area contributed by atoms with Crippen LogP contribution in [0.5, 0.6) is 0 Å². The number of carbonyl (C=O) groups is 1. The Morgan fingerprint density at radius 2 is 2.37 bits per heavy atom. The lowest BCUT2D eigenvalue weighted by Gasteiger charge is -2.22. The van der Waals surface area contributed by atoms with E-state index in [4.69, 9.17) is 4.74 Å². The second kappa shape index (κ2) is 5.21. The van der Waals surface area contributed by atoms with Crippen molar-refractivity contribution in [3.05, 3.63) is 23.8 Å². The maximum atomic E-state index is 12.3. The molecule has 2 aliphatic heterocycles. The minimum atomic E-state index is -0.0283. The summed E-state index contributed by atoms with van der Waals surface area (Å²) >= 11 is 0. The van der Waals surface area contributed by atoms with Gasteiger partial charge in [-0.1, -0.05) is 12.1 Å². The van der Waals surface area contributed by atoms with Gasteiger partial charge in [0.2, 0.25) is 5.91 Å². The van der Waals surface area contributed by atoms with Crippen LogP contribution in [0.1, 0.15) is 25.3 Å². The maximum absolute atomic E-state index is 12.3. The Hall–Kier alpha value is -1.55. The smallest absolute Gasteiger partial charge is 0.230 e. The van der Waals surface area contributed by atoms with Crippen molar-refractivity contribution in [1.82, 2.24) is 0 Å². The first-order valence-electron chi connectivity index (χ1n) is 7.04. The van der Waals surface area contributed by atoms with E-state index in [0.717, 1.165) is 37.2 Å². The van der Waals surface area contributed by atoms with Gasteiger partial charge < -0.3 is 15.4 Å². The lowest BCUT2D eigenvalue weighted by molar-refractivity contribution is -0.121. The molecule has 0 bridgehead atoms. The Morgan fingerprint density at radius 1 is 1.47 bits per heavy atom. The predicted octanol–water partition coefficient (Wildman–Crippen LogP) is 2.41. The monoisotopic (exact) mass is 260 g/mol. The summed E-state index contributed by atoms with van der Waals surface area (Å²) in [4.78, 5) is 12.3. The molecule has 0 aromatic heterocycles. The summed E-state index contributed by atoms with van der Waals surface area (Å²) < 4.78 is 5.46. The van der Waals surface area contributed by atoms with Crippen molar-refractivity contribution in [2.45, 2.75) is 32.3 Å². The molecule has 1 fully saturated rings. The third-order valence-electron chi connectivity index (χ3n) is 4.05. The van der Waals surface area contributed by atoms with Gasteiger partial charge in [-0.15, -0.1) is 0 Å². The fourth-order valence-electron chi connectivity index (χ4n) is 2.92. The molecule has 0 radical (unpaired) electrons. The number of anilines is 2. The summed E-state index contributed by atoms with van der Waals surface area (Å²) in [6, 6.07) is 6.10. The lowest BCUT2D eigenvalue weighted by Crippen LogP contribution is -2.28. The molecule has 2 heterocycles. The topological polar surface area (TPSA) is 50.4 Å². The molecule has 102 valence electrons. The first kappa shape index (κ1) is 12.5. The van der Waals surface area contributed by atoms with E-state index < -0.39 is 0 Å². The van der Waals surface area contributed by atoms with Crippen molar-refractivity contribution in [3.63, 3.8) is 0 Å². The van der Waals surface area contributed by atoms with Gasteiger partial charge in [-0.05, 0) is 37.8 Å². The van der Waals surface area contributed by atoms with Crippen molar-refractivity contribution >= 4 is 17.3 Å². The number of para-hydroxylation sites is 1. The van der Waals surface area contributed by atoms with Crippen LogP contribution in [0.4, 0.5) is 11.4 Å². The Morgan fingerprint density at radius 3 is 3.16 bits per heavy atom. The van der Waals surface area contributed by atoms with Gasteiger partial charge in [-0.2, -0.15) is 0 Å². The summed E-state index contributed by atoms with van der Waals surface area (Å²) in [5.41, 5.74) is 3.29. The van der Waals surface area contributed by atoms with Crippen molar-refractivity contribution in [1.29, 1.82) is 0 Å². The Labute approximate surface area is 113 Å². The van der Waals surface area contributed by atoms with E-state index in [1.54, 1.807) is 0 Å². The summed E-state index contributed by atoms with van der Waals surface area (Å²) in [5.74, 6) is 0.0465. The Kier molecular flexibility index (Phi) is 3.42. The molecular weight excluding hydrogens is 240 g/mol. The van der Waals surface area contributed by atoms with Crippen LogP contribution in [0.3, 0.4) is 0 Å². The second-order valence-electron chi connectivity index (χ2n) is 5.33. The fourth-order valence-corrected chi connectivity index (χ4v) is 2.92. The number of nitrogens with one attached hydrogen (secondary N) is 2. The van der Waals surface area contributed by atoms with Crippen LogP contribution in [0.15, 0.2) is 18.2 Å². The van der Waals surface area contributed by atoms with Gasteiger partial charge in [-0.3, -0.25) is 4.79 Å². The van der Waals surface area contributed by atoms with Crippen molar-refractivity contribution in [2.75, 3.05) is 23.8 Å². The maximum Gasteiger partial charge on any atom is 0.230 e. The summed E-state index contributed by atoms with van der Waals surface area (Å²) in [6.07, 6.45) is 3.06. The summed E-state index contributed by atoms with van der Waals surface area (Å²) in [7, 11) is 0. The quantitative estimate of drug-likeness (QED) is 0.858. The van der Waals surface area contributed by atoms with Crippen molar-refractivity contribution in [2.24, 2.45) is 5.92 Å². The zero-order valence-electron chi connectivity index (χ0n) is 11.2. The third-order valence-corrected chi connectivity index (χ3v) is 4.05. The Bertz CT molecular complexity index is 487. The molecule has 2 aliphatic rings. The summed E-state index contributed by atoms with van der Waals surface area (Å²) in [5, 5.41) is 6.45. The normalized spacial score (nSPS) is 25.5. The molecule has 1 saturated heterocycles. The van der Waals surface area contributed by atoms with E-state index in [-0.39, 0.29) is 17.9 Å². The molecule has 2 N–H and O–H groups in total. The average Bonchev–Trinajstić information content (AvgIpc) is 2.85. The zero-order valence-corrected chi connectivity index (χ0v) is 11.2. The Balaban J connectivity index is 1.78. The van der Waals surface area contributed by atoms with E-state index in [2.05, 4.69) is 16.7 Å². The first-order valence-corrected chi connectivity index (χ1v) is 7.04. The van der Waals surface area contributed by atoms with Gasteiger partial charge in [0, 0.05) is 13.2 Å². The minimum Gasteiger partial charge on any atom is -0.383 e. The van der Waals surface area contributed by atoms with Gasteiger partial charge in [0.25, 0.3) is 0 Å². The number of rotatable bonds is 2. The zero-order chi connectivity index (χ0) is 13.2. The number of aryl methyl sites for hydroxylation is 1. The summed E-state index contributed by atoms with van der Waals surface area (Å²) in [6.45, 7) is 3.63. The fraction of sp³-hybridized carbons (Fsp3) is 0.533. The van der Waals surface area contributed by atoms with Crippen molar-refractivity contribution in [3.8, 4) is 0 Å². The molecule has 4 heteroatoms. The molecular formula is C15H20N2O2. The first-order chi connectivity index (χ1) is 9.25. The van der Waals surface area contributed by atoms with Crippen LogP contribution in [-0.2, 0) is 16.0 Å². The molecule has 3 rings (SSSR count). The van der Waals surface area contributed by atoms with E-state index >= 15 is 0 Å². The highest BCUT2D eigenvalue weighted by Gasteiger charge is 2.31. The van der Waals surface area contributed by atoms with Crippen LogP contribution < -0.4 is 10.6 Å². The molecule has 2 atom stereocenters. The molecule has 0 spiro atoms. The van der Waals surface area contributed by atoms with Crippen molar-refractivity contribution < 1.29 is 9.53 Å². The van der Waals surface area contributed by atoms with Gasteiger partial charge in [0.1, 0.15) is 0 Å². The second-order valence-corrected chi connectivity index (χ2v) is 5.33. The SMILES string of the molecule is CC1OCCC1C(=O)Nc1cccc2c1NCCC2. The van der Waals surface area contributed by atoms with Crippen LogP contribution in [0.25, 0.3) is 0 Å². The van der Waals surface area contributed by atoms with Gasteiger partial charge >= 0.3 is 0 Å². The van der Waals surface area contributed by atoms with Crippen LogP contribution in [-0.4, -0.2) is 25.2 Å². The largest absolute Gasteiger partial charge is 0.383 e. The van der Waals surface area contributed by atoms with Crippen LogP contribution in [0.2, 0.25) is 0 Å². The highest BCUT2D eigenvalue weighted by Crippen LogP contribution is 2.31. The number of carbonyl (C=O) groups excluding carboxylic acids is 1. The van der Waals surface area contributed by atoms with E-state index in [9.17, 15) is 4.79 Å². The number of hydrogen-bond acceptors (Lipinski definition) is 3. The van der Waals surface area contributed by atoms with Crippen LogP contribution >= 0.6 is 0 Å². The van der Waals surface area contributed by atoms with Crippen LogP contribution in [0, 0.1) is 5.92 Å². The molecule has 19 heavy (non-hydrogen) atoms. The van der Waals surface area contributed by atoms with Gasteiger partial charge in [0.05, 0.1) is 23.4 Å². The number of amides is 1. The lowest BCUT2D eigenvalue weighted by atomic mass is 10.00. The van der Waals surface area contributed by atoms with E-state index in [1.165, 1.54) is 5.56 Å². The molecule has 0 aliphatic carbocycles. The minimum absolute atomic E-state index is 0.0208. The molecule has 0 saturated carbocycles. The molecule has 2 unspecified atom stereocenters. The molecule has 4 nitrogen and oxygen atoms in total. The highest BCUT2D eigenvalue weighted by atomic mass is 16.5.